The molecule has 0 N–H and O–H groups in total. The van der Waals surface area contributed by atoms with E-state index in [0.717, 1.165) is 5.56 Å². The van der Waals surface area contributed by atoms with Gasteiger partial charge in [-0.3, -0.25) is 9.59 Å². The summed E-state index contributed by atoms with van der Waals surface area (Å²) >= 11 is 5.96. The smallest absolute Gasteiger partial charge is 0.276 e. The summed E-state index contributed by atoms with van der Waals surface area (Å²) in [4.78, 5) is 29.0. The molecule has 2 aliphatic rings. The second-order valence-corrected chi connectivity index (χ2v) is 8.45. The number of hydrogen-bond donors (Lipinski definition) is 0. The zero-order chi connectivity index (χ0) is 22.9. The maximum absolute atomic E-state index is 13.4. The van der Waals surface area contributed by atoms with Crippen molar-refractivity contribution in [2.75, 3.05) is 26.2 Å². The molecule has 170 valence electrons. The Bertz CT molecular complexity index is 1190. The number of aromatic nitrogens is 3. The van der Waals surface area contributed by atoms with Gasteiger partial charge in [-0.1, -0.05) is 35.0 Å². The van der Waals surface area contributed by atoms with Crippen LogP contribution in [0, 0.1) is 5.82 Å². The van der Waals surface area contributed by atoms with E-state index < -0.39 is 5.82 Å². The molecule has 2 amide bonds. The Morgan fingerprint density at radius 3 is 2.39 bits per heavy atom. The first-order valence-corrected chi connectivity index (χ1v) is 11.0. The first-order chi connectivity index (χ1) is 16.0. The first kappa shape index (κ1) is 21.5. The molecule has 1 saturated heterocycles. The minimum atomic E-state index is -0.452. The normalized spacial score (nSPS) is 18.2. The summed E-state index contributed by atoms with van der Waals surface area (Å²) in [5, 5.41) is 8.95. The highest BCUT2D eigenvalue weighted by Gasteiger charge is 2.32. The topological polar surface area (TPSA) is 80.6 Å². The lowest BCUT2D eigenvalue weighted by Gasteiger charge is -2.34. The van der Waals surface area contributed by atoms with Crippen molar-refractivity contribution in [3.05, 3.63) is 81.9 Å². The van der Waals surface area contributed by atoms with Crippen LogP contribution in [0.15, 0.2) is 48.5 Å². The number of piperazine rings is 1. The summed E-state index contributed by atoms with van der Waals surface area (Å²) in [5.74, 6) is -0.931. The monoisotopic (exact) mass is 469 g/mol. The number of fused-ring (bicyclic) bond motifs is 1. The third kappa shape index (κ3) is 4.34. The quantitative estimate of drug-likeness (QED) is 0.589. The summed E-state index contributed by atoms with van der Waals surface area (Å²) in [6.07, 6.45) is -0.197. The number of halogens is 2. The van der Waals surface area contributed by atoms with Crippen molar-refractivity contribution in [3.63, 3.8) is 0 Å². The number of rotatable bonds is 3. The number of ether oxygens (including phenoxy) is 1. The third-order valence-corrected chi connectivity index (χ3v) is 6.22. The zero-order valence-corrected chi connectivity index (χ0v) is 18.4. The van der Waals surface area contributed by atoms with Gasteiger partial charge in [0, 0.05) is 36.8 Å². The third-order valence-electron chi connectivity index (χ3n) is 5.97. The Balaban J connectivity index is 1.23. The van der Waals surface area contributed by atoms with Crippen molar-refractivity contribution >= 4 is 23.4 Å². The summed E-state index contributed by atoms with van der Waals surface area (Å²) in [7, 11) is 0. The molecule has 0 aliphatic carbocycles. The van der Waals surface area contributed by atoms with Crippen molar-refractivity contribution in [2.24, 2.45) is 0 Å². The van der Waals surface area contributed by atoms with Crippen LogP contribution >= 0.6 is 11.6 Å². The highest BCUT2D eigenvalue weighted by molar-refractivity contribution is 6.30. The van der Waals surface area contributed by atoms with Gasteiger partial charge < -0.3 is 14.5 Å². The molecule has 3 aromatic rings. The lowest BCUT2D eigenvalue weighted by Crippen LogP contribution is -2.50. The van der Waals surface area contributed by atoms with E-state index in [0.29, 0.717) is 49.0 Å². The maximum Gasteiger partial charge on any atom is 0.276 e. The number of amides is 2. The molecule has 0 unspecified atom stereocenters. The molecule has 10 heteroatoms. The van der Waals surface area contributed by atoms with Crippen molar-refractivity contribution in [1.82, 2.24) is 24.8 Å². The number of nitrogens with zero attached hydrogens (tertiary/aromatic N) is 5. The van der Waals surface area contributed by atoms with Crippen molar-refractivity contribution in [3.8, 4) is 0 Å². The van der Waals surface area contributed by atoms with E-state index in [1.807, 2.05) is 24.3 Å². The number of hydrogen-bond acceptors (Lipinski definition) is 5. The SMILES string of the molecule is O=C(c1cccc(F)c1)N1CCN(C(=O)c2nnn3c2CO[C@H](c2ccc(Cl)cc2)C3)CC1. The molecule has 5 rings (SSSR count). The minimum absolute atomic E-state index is 0.197. The van der Waals surface area contributed by atoms with E-state index in [2.05, 4.69) is 10.3 Å². The summed E-state index contributed by atoms with van der Waals surface area (Å²) in [6.45, 7) is 2.12. The lowest BCUT2D eigenvalue weighted by atomic mass is 10.1. The van der Waals surface area contributed by atoms with Crippen LogP contribution in [0.1, 0.15) is 38.2 Å². The Morgan fingerprint density at radius 1 is 1.00 bits per heavy atom. The van der Waals surface area contributed by atoms with E-state index in [9.17, 15) is 14.0 Å². The second-order valence-electron chi connectivity index (χ2n) is 8.01. The fraction of sp³-hybridized carbons (Fsp3) is 0.304. The van der Waals surface area contributed by atoms with Crippen molar-refractivity contribution in [2.45, 2.75) is 19.3 Å². The standard InChI is InChI=1S/C23H21ClFN5O3/c24-17-6-4-15(5-7-17)20-13-30-19(14-33-20)21(26-27-30)23(32)29-10-8-28(9-11-29)22(31)16-2-1-3-18(25)12-16/h1-7,12,20H,8-11,13-14H2/t20-/m0/s1. The second kappa shape index (κ2) is 8.92. The van der Waals surface area contributed by atoms with Crippen LogP contribution < -0.4 is 0 Å². The van der Waals surface area contributed by atoms with E-state index in [4.69, 9.17) is 16.3 Å². The molecule has 0 radical (unpaired) electrons. The van der Waals surface area contributed by atoms with Gasteiger partial charge in [0.2, 0.25) is 0 Å². The largest absolute Gasteiger partial charge is 0.365 e. The molecule has 1 aromatic heterocycles. The van der Waals surface area contributed by atoms with Crippen LogP contribution in [0.4, 0.5) is 4.39 Å². The highest BCUT2D eigenvalue weighted by Crippen LogP contribution is 2.28. The molecule has 2 aromatic carbocycles. The fourth-order valence-electron chi connectivity index (χ4n) is 4.12. The molecule has 8 nitrogen and oxygen atoms in total. The molecule has 0 bridgehead atoms. The summed E-state index contributed by atoms with van der Waals surface area (Å²) in [5.41, 5.74) is 2.19. The molecule has 33 heavy (non-hydrogen) atoms. The highest BCUT2D eigenvalue weighted by atomic mass is 35.5. The number of benzene rings is 2. The minimum Gasteiger partial charge on any atom is -0.365 e. The van der Waals surface area contributed by atoms with Crippen molar-refractivity contribution < 1.29 is 18.7 Å². The molecular weight excluding hydrogens is 449 g/mol. The molecule has 2 aliphatic heterocycles. The van der Waals surface area contributed by atoms with Gasteiger partial charge in [-0.15, -0.1) is 5.10 Å². The first-order valence-electron chi connectivity index (χ1n) is 10.6. The van der Waals surface area contributed by atoms with Gasteiger partial charge >= 0.3 is 0 Å². The van der Waals surface area contributed by atoms with Gasteiger partial charge in [-0.25, -0.2) is 9.07 Å². The Labute approximate surface area is 194 Å². The van der Waals surface area contributed by atoms with Crippen LogP contribution in [0.5, 0.6) is 0 Å². The zero-order valence-electron chi connectivity index (χ0n) is 17.7. The van der Waals surface area contributed by atoms with Crippen LogP contribution in [0.3, 0.4) is 0 Å². The average Bonchev–Trinajstić information content (AvgIpc) is 3.27. The lowest BCUT2D eigenvalue weighted by molar-refractivity contribution is -0.00202. The van der Waals surface area contributed by atoms with Crippen LogP contribution in [-0.4, -0.2) is 62.8 Å². The molecule has 1 fully saturated rings. The maximum atomic E-state index is 13.4. The van der Waals surface area contributed by atoms with E-state index in [1.54, 1.807) is 20.5 Å². The summed E-state index contributed by atoms with van der Waals surface area (Å²) in [6, 6.07) is 13.1. The Morgan fingerprint density at radius 2 is 1.70 bits per heavy atom. The van der Waals surface area contributed by atoms with Crippen molar-refractivity contribution in [1.29, 1.82) is 0 Å². The number of carbonyl (C=O) groups is 2. The average molecular weight is 470 g/mol. The summed E-state index contributed by atoms with van der Waals surface area (Å²) < 4.78 is 21.1. The van der Waals surface area contributed by atoms with Gasteiger partial charge in [-0.05, 0) is 35.9 Å². The van der Waals surface area contributed by atoms with Gasteiger partial charge in [-0.2, -0.15) is 0 Å². The Hall–Kier alpha value is -3.30. The van der Waals surface area contributed by atoms with Gasteiger partial charge in [0.1, 0.15) is 11.9 Å². The van der Waals surface area contributed by atoms with E-state index in [1.165, 1.54) is 18.2 Å². The fourth-order valence-corrected chi connectivity index (χ4v) is 4.25. The van der Waals surface area contributed by atoms with E-state index >= 15 is 0 Å². The predicted octanol–water partition coefficient (Wildman–Crippen LogP) is 2.94. The van der Waals surface area contributed by atoms with Gasteiger partial charge in [0.15, 0.2) is 5.69 Å². The van der Waals surface area contributed by atoms with Gasteiger partial charge in [0.05, 0.1) is 18.8 Å². The van der Waals surface area contributed by atoms with E-state index in [-0.39, 0.29) is 30.2 Å². The predicted molar refractivity (Wildman–Crippen MR) is 117 cm³/mol. The molecule has 1 atom stereocenters. The van der Waals surface area contributed by atoms with Crippen LogP contribution in [0.25, 0.3) is 0 Å². The molecule has 0 spiro atoms. The van der Waals surface area contributed by atoms with Crippen LogP contribution in [0.2, 0.25) is 5.02 Å². The molecule has 0 saturated carbocycles. The van der Waals surface area contributed by atoms with Gasteiger partial charge in [0.25, 0.3) is 11.8 Å². The molecule has 3 heterocycles. The Kier molecular flexibility index (Phi) is 5.82. The molecular formula is C23H21ClFN5O3. The number of carbonyl (C=O) groups excluding carboxylic acids is 2. The van der Waals surface area contributed by atoms with Crippen LogP contribution in [-0.2, 0) is 17.9 Å².